The Hall–Kier alpha value is -0.670. The van der Waals surface area contributed by atoms with Crippen molar-refractivity contribution in [3.63, 3.8) is 0 Å². The van der Waals surface area contributed by atoms with Crippen LogP contribution in [0.4, 0.5) is 0 Å². The molecule has 1 aromatic rings. The van der Waals surface area contributed by atoms with Crippen LogP contribution in [-0.2, 0) is 14.8 Å². The average molecular weight is 400 g/mol. The number of primary sulfonamides is 1. The van der Waals surface area contributed by atoms with E-state index in [1.807, 2.05) is 0 Å². The van der Waals surface area contributed by atoms with E-state index in [9.17, 15) is 13.2 Å². The molecular formula is C12H16BrClN2O4S. The minimum absolute atomic E-state index is 0.0812. The lowest BCUT2D eigenvalue weighted by atomic mass is 10.1. The zero-order valence-corrected chi connectivity index (χ0v) is 14.9. The van der Waals surface area contributed by atoms with Crippen molar-refractivity contribution < 1.29 is 17.9 Å². The van der Waals surface area contributed by atoms with Crippen molar-refractivity contribution in [3.05, 3.63) is 27.2 Å². The monoisotopic (exact) mass is 398 g/mol. The fraction of sp³-hybridized carbons (Fsp3) is 0.417. The Morgan fingerprint density at radius 3 is 2.52 bits per heavy atom. The lowest BCUT2D eigenvalue weighted by Gasteiger charge is -2.23. The van der Waals surface area contributed by atoms with Crippen molar-refractivity contribution in [2.45, 2.75) is 24.3 Å². The predicted molar refractivity (Wildman–Crippen MR) is 83.9 cm³/mol. The SMILES string of the molecule is COC(C)(C)CNC(=O)c1cc(Cl)c(Br)c(S(N)(=O)=O)c1. The summed E-state index contributed by atoms with van der Waals surface area (Å²) in [5, 5.41) is 7.82. The third-order valence-electron chi connectivity index (χ3n) is 2.79. The van der Waals surface area contributed by atoms with E-state index >= 15 is 0 Å². The Balaban J connectivity index is 3.10. The molecule has 1 amide bonds. The number of amides is 1. The highest BCUT2D eigenvalue weighted by Crippen LogP contribution is 2.30. The Bertz CT molecular complexity index is 661. The molecule has 21 heavy (non-hydrogen) atoms. The summed E-state index contributed by atoms with van der Waals surface area (Å²) in [6.07, 6.45) is 0. The van der Waals surface area contributed by atoms with E-state index in [0.29, 0.717) is 0 Å². The third-order valence-corrected chi connectivity index (χ3v) is 5.37. The summed E-state index contributed by atoms with van der Waals surface area (Å²) in [7, 11) is -2.47. The molecule has 118 valence electrons. The topological polar surface area (TPSA) is 98.5 Å². The molecule has 0 fully saturated rings. The van der Waals surface area contributed by atoms with Gasteiger partial charge in [0.25, 0.3) is 5.91 Å². The molecule has 0 aliphatic heterocycles. The molecule has 0 atom stereocenters. The first-order chi connectivity index (χ1) is 9.48. The van der Waals surface area contributed by atoms with Gasteiger partial charge in [-0.15, -0.1) is 0 Å². The van der Waals surface area contributed by atoms with Crippen molar-refractivity contribution in [2.24, 2.45) is 5.14 Å². The fourth-order valence-corrected chi connectivity index (χ4v) is 3.20. The molecule has 0 saturated heterocycles. The second-order valence-electron chi connectivity index (χ2n) is 4.96. The highest BCUT2D eigenvalue weighted by Gasteiger charge is 2.21. The minimum Gasteiger partial charge on any atom is -0.377 e. The number of halogens is 2. The molecule has 0 aliphatic rings. The van der Waals surface area contributed by atoms with E-state index in [4.69, 9.17) is 21.5 Å². The van der Waals surface area contributed by atoms with E-state index in [1.54, 1.807) is 13.8 Å². The van der Waals surface area contributed by atoms with Gasteiger partial charge in [-0.3, -0.25) is 4.79 Å². The van der Waals surface area contributed by atoms with Crippen molar-refractivity contribution in [3.8, 4) is 0 Å². The van der Waals surface area contributed by atoms with Crippen LogP contribution in [-0.4, -0.2) is 33.6 Å². The Morgan fingerprint density at radius 1 is 1.48 bits per heavy atom. The van der Waals surface area contributed by atoms with Crippen molar-refractivity contribution in [1.82, 2.24) is 5.32 Å². The van der Waals surface area contributed by atoms with Crippen LogP contribution in [0.25, 0.3) is 0 Å². The molecule has 0 aliphatic carbocycles. The van der Waals surface area contributed by atoms with E-state index in [2.05, 4.69) is 21.2 Å². The molecule has 1 rings (SSSR count). The van der Waals surface area contributed by atoms with Gasteiger partial charge >= 0.3 is 0 Å². The van der Waals surface area contributed by atoms with Crippen LogP contribution in [0.5, 0.6) is 0 Å². The first-order valence-corrected chi connectivity index (χ1v) is 8.55. The van der Waals surface area contributed by atoms with E-state index in [0.717, 1.165) is 0 Å². The van der Waals surface area contributed by atoms with E-state index in [1.165, 1.54) is 19.2 Å². The van der Waals surface area contributed by atoms with Crippen LogP contribution in [0, 0.1) is 0 Å². The lowest BCUT2D eigenvalue weighted by molar-refractivity contribution is 0.0228. The number of nitrogens with one attached hydrogen (secondary N) is 1. The third kappa shape index (κ3) is 4.93. The van der Waals surface area contributed by atoms with Gasteiger partial charge in [-0.1, -0.05) is 11.6 Å². The fourth-order valence-electron chi connectivity index (χ4n) is 1.37. The maximum atomic E-state index is 12.1. The maximum Gasteiger partial charge on any atom is 0.251 e. The highest BCUT2D eigenvalue weighted by atomic mass is 79.9. The highest BCUT2D eigenvalue weighted by molar-refractivity contribution is 9.10. The van der Waals surface area contributed by atoms with Crippen LogP contribution in [0.15, 0.2) is 21.5 Å². The van der Waals surface area contributed by atoms with Gasteiger partial charge in [-0.25, -0.2) is 13.6 Å². The smallest absolute Gasteiger partial charge is 0.251 e. The number of sulfonamides is 1. The van der Waals surface area contributed by atoms with Gasteiger partial charge < -0.3 is 10.1 Å². The summed E-state index contributed by atoms with van der Waals surface area (Å²) in [6, 6.07) is 2.52. The molecule has 1 aromatic carbocycles. The Labute approximate surface area is 137 Å². The molecule has 0 heterocycles. The summed E-state index contributed by atoms with van der Waals surface area (Å²) in [5.41, 5.74) is -0.448. The van der Waals surface area contributed by atoms with Gasteiger partial charge in [0, 0.05) is 19.2 Å². The van der Waals surface area contributed by atoms with Crippen molar-refractivity contribution in [1.29, 1.82) is 0 Å². The molecule has 0 radical (unpaired) electrons. The summed E-state index contributed by atoms with van der Waals surface area (Å²) >= 11 is 8.95. The number of carbonyl (C=O) groups is 1. The number of hydrogen-bond acceptors (Lipinski definition) is 4. The standard InChI is InChI=1S/C12H16BrClN2O4S/c1-12(2,20-3)6-16-11(17)7-4-8(14)10(13)9(5-7)21(15,18)19/h4-5H,6H2,1-3H3,(H,16,17)(H2,15,18,19). The molecule has 0 aromatic heterocycles. The summed E-state index contributed by atoms with van der Waals surface area (Å²) in [5.74, 6) is -0.473. The van der Waals surface area contributed by atoms with Crippen LogP contribution >= 0.6 is 27.5 Å². The zero-order valence-electron chi connectivity index (χ0n) is 11.7. The first-order valence-electron chi connectivity index (χ1n) is 5.83. The van der Waals surface area contributed by atoms with Gasteiger partial charge in [-0.05, 0) is 41.9 Å². The molecule has 3 N–H and O–H groups in total. The Kier molecular flexibility index (Phi) is 5.79. The number of benzene rings is 1. The largest absolute Gasteiger partial charge is 0.377 e. The van der Waals surface area contributed by atoms with E-state index in [-0.39, 0.29) is 26.5 Å². The molecule has 0 spiro atoms. The maximum absolute atomic E-state index is 12.1. The summed E-state index contributed by atoms with van der Waals surface area (Å²) in [4.78, 5) is 11.8. The van der Waals surface area contributed by atoms with Gasteiger partial charge in [0.1, 0.15) is 0 Å². The first kappa shape index (κ1) is 18.4. The number of methoxy groups -OCH3 is 1. The average Bonchev–Trinajstić information content (AvgIpc) is 2.37. The summed E-state index contributed by atoms with van der Waals surface area (Å²) < 4.78 is 28.3. The van der Waals surface area contributed by atoms with Gasteiger partial charge in [0.15, 0.2) is 0 Å². The van der Waals surface area contributed by atoms with Gasteiger partial charge in [0.05, 0.1) is 20.0 Å². The lowest BCUT2D eigenvalue weighted by Crippen LogP contribution is -2.39. The van der Waals surface area contributed by atoms with Crippen molar-refractivity contribution >= 4 is 43.5 Å². The van der Waals surface area contributed by atoms with Crippen LogP contribution in [0.2, 0.25) is 5.02 Å². The number of carbonyl (C=O) groups excluding carboxylic acids is 1. The van der Waals surface area contributed by atoms with E-state index < -0.39 is 21.5 Å². The van der Waals surface area contributed by atoms with Crippen LogP contribution in [0.1, 0.15) is 24.2 Å². The van der Waals surface area contributed by atoms with Crippen molar-refractivity contribution in [2.75, 3.05) is 13.7 Å². The molecular weight excluding hydrogens is 384 g/mol. The number of nitrogens with two attached hydrogens (primary N) is 1. The molecule has 6 nitrogen and oxygen atoms in total. The second-order valence-corrected chi connectivity index (χ2v) is 7.69. The van der Waals surface area contributed by atoms with Gasteiger partial charge in [0.2, 0.25) is 10.0 Å². The second kappa shape index (κ2) is 6.62. The molecule has 0 saturated carbocycles. The molecule has 0 unspecified atom stereocenters. The normalized spacial score (nSPS) is 12.3. The number of rotatable bonds is 5. The quantitative estimate of drug-likeness (QED) is 0.790. The number of ether oxygens (including phenoxy) is 1. The zero-order chi connectivity index (χ0) is 16.4. The predicted octanol–water partition coefficient (Wildman–Crippen LogP) is 1.90. The molecule has 0 bridgehead atoms. The summed E-state index contributed by atoms with van der Waals surface area (Å²) in [6.45, 7) is 3.86. The minimum atomic E-state index is -4.00. The van der Waals surface area contributed by atoms with Crippen LogP contribution in [0.3, 0.4) is 0 Å². The Morgan fingerprint density at radius 2 is 2.05 bits per heavy atom. The van der Waals surface area contributed by atoms with Gasteiger partial charge in [-0.2, -0.15) is 0 Å². The molecule has 9 heteroatoms. The number of hydrogen-bond donors (Lipinski definition) is 2. The van der Waals surface area contributed by atoms with Crippen LogP contribution < -0.4 is 10.5 Å².